The molecule has 0 radical (unpaired) electrons. The van der Waals surface area contributed by atoms with Gasteiger partial charge in [0.05, 0.1) is 11.7 Å². The number of amides is 1. The lowest BCUT2D eigenvalue weighted by Crippen LogP contribution is -2.36. The fourth-order valence-corrected chi connectivity index (χ4v) is 1.25. The number of ether oxygens (including phenoxy) is 1. The van der Waals surface area contributed by atoms with Gasteiger partial charge in [0, 0.05) is 19.9 Å². The van der Waals surface area contributed by atoms with Crippen LogP contribution in [-0.2, 0) is 9.53 Å². The van der Waals surface area contributed by atoms with E-state index in [0.717, 1.165) is 0 Å². The van der Waals surface area contributed by atoms with Crippen LogP contribution >= 0.6 is 11.6 Å². The topological polar surface area (TPSA) is 77.2 Å². The number of nitrogens with one attached hydrogen (secondary N) is 1. The van der Waals surface area contributed by atoms with Crippen LogP contribution in [0.4, 0.5) is 5.69 Å². The average Bonchev–Trinajstić information content (AvgIpc) is 2.28. The van der Waals surface area contributed by atoms with Crippen molar-refractivity contribution in [2.75, 3.05) is 19.0 Å². The van der Waals surface area contributed by atoms with E-state index in [-0.39, 0.29) is 11.1 Å². The normalized spacial score (nSPS) is 12.2. The third-order valence-corrected chi connectivity index (χ3v) is 2.29. The van der Waals surface area contributed by atoms with Crippen molar-refractivity contribution < 1.29 is 9.53 Å². The maximum Gasteiger partial charge on any atom is 0.241 e. The maximum atomic E-state index is 11.6. The molecule has 1 heterocycles. The first kappa shape index (κ1) is 12.9. The van der Waals surface area contributed by atoms with Crippen molar-refractivity contribution in [1.82, 2.24) is 4.98 Å². The van der Waals surface area contributed by atoms with Gasteiger partial charge in [-0.25, -0.2) is 4.98 Å². The number of anilines is 1. The molecule has 0 saturated heterocycles. The van der Waals surface area contributed by atoms with Gasteiger partial charge in [-0.2, -0.15) is 0 Å². The second-order valence-corrected chi connectivity index (χ2v) is 3.58. The van der Waals surface area contributed by atoms with Crippen molar-refractivity contribution in [3.05, 3.63) is 23.5 Å². The quantitative estimate of drug-likeness (QED) is 0.758. The summed E-state index contributed by atoms with van der Waals surface area (Å²) in [7, 11) is 1.56. The Hall–Kier alpha value is -1.17. The van der Waals surface area contributed by atoms with E-state index in [2.05, 4.69) is 10.3 Å². The van der Waals surface area contributed by atoms with Crippen LogP contribution in [-0.4, -0.2) is 30.6 Å². The van der Waals surface area contributed by atoms with Crippen molar-refractivity contribution >= 4 is 23.2 Å². The van der Waals surface area contributed by atoms with Crippen LogP contribution in [0.1, 0.15) is 6.42 Å². The first-order chi connectivity index (χ1) is 7.65. The number of nitrogens with two attached hydrogens (primary N) is 1. The third-order valence-electron chi connectivity index (χ3n) is 1.99. The highest BCUT2D eigenvalue weighted by atomic mass is 35.5. The molecule has 1 unspecified atom stereocenters. The molecule has 0 bridgehead atoms. The first-order valence-corrected chi connectivity index (χ1v) is 5.19. The lowest BCUT2D eigenvalue weighted by Gasteiger charge is -2.11. The molecule has 1 rings (SSSR count). The highest BCUT2D eigenvalue weighted by molar-refractivity contribution is 6.32. The molecule has 0 fully saturated rings. The maximum absolute atomic E-state index is 11.6. The number of hydrogen-bond acceptors (Lipinski definition) is 4. The van der Waals surface area contributed by atoms with E-state index in [9.17, 15) is 4.79 Å². The largest absolute Gasteiger partial charge is 0.385 e. The van der Waals surface area contributed by atoms with E-state index >= 15 is 0 Å². The van der Waals surface area contributed by atoms with Gasteiger partial charge in [0.1, 0.15) is 0 Å². The predicted octanol–water partition coefficient (Wildman–Crippen LogP) is 1.04. The van der Waals surface area contributed by atoms with E-state index in [4.69, 9.17) is 22.1 Å². The Morgan fingerprint density at radius 1 is 1.75 bits per heavy atom. The van der Waals surface area contributed by atoms with Crippen LogP contribution in [0, 0.1) is 0 Å². The molecule has 1 aromatic heterocycles. The fraction of sp³-hybridized carbons (Fsp3) is 0.400. The predicted molar refractivity (Wildman–Crippen MR) is 62.3 cm³/mol. The number of methoxy groups -OCH3 is 1. The van der Waals surface area contributed by atoms with E-state index in [1.807, 2.05) is 0 Å². The smallest absolute Gasteiger partial charge is 0.241 e. The first-order valence-electron chi connectivity index (χ1n) is 4.81. The number of carbonyl (C=O) groups excluding carboxylic acids is 1. The molecular weight excluding hydrogens is 230 g/mol. The monoisotopic (exact) mass is 243 g/mol. The molecule has 0 spiro atoms. The number of nitrogens with zero attached hydrogens (tertiary/aromatic N) is 1. The van der Waals surface area contributed by atoms with Gasteiger partial charge in [0.2, 0.25) is 5.91 Å². The SMILES string of the molecule is COCCC(N)C(=O)Nc1cccnc1Cl. The Bertz CT molecular complexity index is 360. The highest BCUT2D eigenvalue weighted by Gasteiger charge is 2.14. The zero-order chi connectivity index (χ0) is 12.0. The van der Waals surface area contributed by atoms with Crippen LogP contribution in [0.5, 0.6) is 0 Å². The highest BCUT2D eigenvalue weighted by Crippen LogP contribution is 2.17. The lowest BCUT2D eigenvalue weighted by atomic mass is 10.2. The van der Waals surface area contributed by atoms with Crippen molar-refractivity contribution in [2.45, 2.75) is 12.5 Å². The molecule has 16 heavy (non-hydrogen) atoms. The number of halogens is 1. The molecule has 5 nitrogen and oxygen atoms in total. The summed E-state index contributed by atoms with van der Waals surface area (Å²) < 4.78 is 4.84. The van der Waals surface area contributed by atoms with Gasteiger partial charge in [-0.1, -0.05) is 11.6 Å². The zero-order valence-corrected chi connectivity index (χ0v) is 9.70. The standard InChI is InChI=1S/C10H14ClN3O2/c1-16-6-4-7(12)10(15)14-8-3-2-5-13-9(8)11/h2-3,5,7H,4,6,12H2,1H3,(H,14,15). The molecule has 6 heteroatoms. The summed E-state index contributed by atoms with van der Waals surface area (Å²) in [5.41, 5.74) is 6.11. The minimum atomic E-state index is -0.615. The summed E-state index contributed by atoms with van der Waals surface area (Å²) >= 11 is 5.79. The number of aromatic nitrogens is 1. The van der Waals surface area contributed by atoms with Gasteiger partial charge in [-0.3, -0.25) is 4.79 Å². The van der Waals surface area contributed by atoms with Gasteiger partial charge in [0.15, 0.2) is 5.15 Å². The minimum absolute atomic E-state index is 0.245. The van der Waals surface area contributed by atoms with Crippen LogP contribution < -0.4 is 11.1 Å². The summed E-state index contributed by atoms with van der Waals surface area (Å²) in [5, 5.41) is 2.85. The van der Waals surface area contributed by atoms with Gasteiger partial charge >= 0.3 is 0 Å². The molecule has 1 amide bonds. The Morgan fingerprint density at radius 3 is 3.12 bits per heavy atom. The summed E-state index contributed by atoms with van der Waals surface area (Å²) in [4.78, 5) is 15.4. The van der Waals surface area contributed by atoms with E-state index in [1.165, 1.54) is 0 Å². The molecule has 0 aromatic carbocycles. The van der Waals surface area contributed by atoms with E-state index in [0.29, 0.717) is 18.7 Å². The molecular formula is C10H14ClN3O2. The number of rotatable bonds is 5. The zero-order valence-electron chi connectivity index (χ0n) is 8.94. The summed E-state index contributed by atoms with van der Waals surface area (Å²) in [6.45, 7) is 0.440. The summed E-state index contributed by atoms with van der Waals surface area (Å²) in [6.07, 6.45) is 2.00. The van der Waals surface area contributed by atoms with Crippen molar-refractivity contribution in [1.29, 1.82) is 0 Å². The van der Waals surface area contributed by atoms with Crippen LogP contribution in [0.25, 0.3) is 0 Å². The Labute approximate surface area is 98.9 Å². The lowest BCUT2D eigenvalue weighted by molar-refractivity contribution is -0.117. The molecule has 0 aliphatic heterocycles. The van der Waals surface area contributed by atoms with Crippen molar-refractivity contribution in [2.24, 2.45) is 5.73 Å². The van der Waals surface area contributed by atoms with Crippen molar-refractivity contribution in [3.63, 3.8) is 0 Å². The minimum Gasteiger partial charge on any atom is -0.385 e. The van der Waals surface area contributed by atoms with Gasteiger partial charge in [-0.05, 0) is 18.6 Å². The average molecular weight is 244 g/mol. The van der Waals surface area contributed by atoms with Crippen LogP contribution in [0.2, 0.25) is 5.15 Å². The Balaban J connectivity index is 2.54. The van der Waals surface area contributed by atoms with E-state index < -0.39 is 6.04 Å². The second kappa shape index (κ2) is 6.42. The number of pyridine rings is 1. The van der Waals surface area contributed by atoms with Gasteiger partial charge < -0.3 is 15.8 Å². The molecule has 0 aliphatic rings. The van der Waals surface area contributed by atoms with Crippen LogP contribution in [0.3, 0.4) is 0 Å². The molecule has 88 valence electrons. The third kappa shape index (κ3) is 3.77. The molecule has 1 aromatic rings. The number of hydrogen-bond donors (Lipinski definition) is 2. The second-order valence-electron chi connectivity index (χ2n) is 3.22. The fourth-order valence-electron chi connectivity index (χ4n) is 1.08. The van der Waals surface area contributed by atoms with Crippen LogP contribution in [0.15, 0.2) is 18.3 Å². The van der Waals surface area contributed by atoms with Gasteiger partial charge in [-0.15, -0.1) is 0 Å². The number of carbonyl (C=O) groups is 1. The molecule has 3 N–H and O–H groups in total. The molecule has 0 aliphatic carbocycles. The Kier molecular flexibility index (Phi) is 5.18. The summed E-state index contributed by atoms with van der Waals surface area (Å²) in [5.74, 6) is -0.299. The van der Waals surface area contributed by atoms with Gasteiger partial charge in [0.25, 0.3) is 0 Å². The van der Waals surface area contributed by atoms with Crippen molar-refractivity contribution in [3.8, 4) is 0 Å². The summed E-state index contributed by atoms with van der Waals surface area (Å²) in [6, 6.07) is 2.73. The van der Waals surface area contributed by atoms with E-state index in [1.54, 1.807) is 25.4 Å². The Morgan fingerprint density at radius 2 is 2.50 bits per heavy atom. The molecule has 1 atom stereocenters. The molecule has 0 saturated carbocycles.